The molecule has 2 aromatic heterocycles. The molecule has 23 heavy (non-hydrogen) atoms. The second-order valence-electron chi connectivity index (χ2n) is 4.71. The molecular formula is C15H12ClN5O2. The van der Waals surface area contributed by atoms with E-state index in [1.807, 2.05) is 0 Å². The lowest BCUT2D eigenvalue weighted by Gasteiger charge is -2.08. The van der Waals surface area contributed by atoms with E-state index in [9.17, 15) is 9.90 Å². The lowest BCUT2D eigenvalue weighted by Crippen LogP contribution is -2.15. The summed E-state index contributed by atoms with van der Waals surface area (Å²) in [7, 11) is 0. The third-order valence-electron chi connectivity index (χ3n) is 2.99. The Morgan fingerprint density at radius 3 is 2.91 bits per heavy atom. The number of nitrogens with zero attached hydrogens (tertiary/aromatic N) is 4. The van der Waals surface area contributed by atoms with E-state index in [2.05, 4.69) is 20.4 Å². The molecule has 2 N–H and O–H groups in total. The van der Waals surface area contributed by atoms with Gasteiger partial charge in [0.15, 0.2) is 0 Å². The molecule has 0 spiro atoms. The predicted octanol–water partition coefficient (Wildman–Crippen LogP) is 2.20. The Kier molecular flexibility index (Phi) is 4.20. The van der Waals surface area contributed by atoms with Gasteiger partial charge in [-0.25, -0.2) is 9.67 Å². The van der Waals surface area contributed by atoms with E-state index in [-0.39, 0.29) is 29.8 Å². The van der Waals surface area contributed by atoms with Gasteiger partial charge in [-0.3, -0.25) is 4.79 Å². The molecule has 0 bridgehead atoms. The number of rotatable bonds is 4. The molecule has 0 atom stereocenters. The minimum Gasteiger partial charge on any atom is -0.492 e. The van der Waals surface area contributed by atoms with Gasteiger partial charge in [-0.2, -0.15) is 10.1 Å². The van der Waals surface area contributed by atoms with Gasteiger partial charge < -0.3 is 10.4 Å². The molecule has 1 aromatic carbocycles. The summed E-state index contributed by atoms with van der Waals surface area (Å²) in [5, 5.41) is 17.0. The molecule has 1 amide bonds. The maximum absolute atomic E-state index is 12.0. The predicted molar refractivity (Wildman–Crippen MR) is 84.6 cm³/mol. The first-order valence-corrected chi connectivity index (χ1v) is 7.10. The van der Waals surface area contributed by atoms with E-state index < -0.39 is 0 Å². The van der Waals surface area contributed by atoms with Crippen LogP contribution < -0.4 is 5.32 Å². The summed E-state index contributed by atoms with van der Waals surface area (Å²) in [5.74, 6) is -0.428. The van der Waals surface area contributed by atoms with Gasteiger partial charge in [0.1, 0.15) is 5.69 Å². The molecule has 8 heteroatoms. The molecule has 7 nitrogen and oxygen atoms in total. The molecule has 0 unspecified atom stereocenters. The monoisotopic (exact) mass is 329 g/mol. The van der Waals surface area contributed by atoms with Crippen LogP contribution in [-0.2, 0) is 11.2 Å². The molecule has 0 fully saturated rings. The smallest absolute Gasteiger partial charge is 0.253 e. The van der Waals surface area contributed by atoms with E-state index in [0.717, 1.165) is 5.56 Å². The van der Waals surface area contributed by atoms with Crippen LogP contribution in [0.1, 0.15) is 5.56 Å². The molecule has 0 saturated heterocycles. The number of hydrogen-bond donors (Lipinski definition) is 2. The van der Waals surface area contributed by atoms with Crippen LogP contribution in [0.4, 0.5) is 5.69 Å². The molecule has 0 saturated carbocycles. The maximum atomic E-state index is 12.0. The van der Waals surface area contributed by atoms with Gasteiger partial charge in [-0.05, 0) is 23.8 Å². The molecule has 0 aliphatic rings. The van der Waals surface area contributed by atoms with E-state index in [1.165, 1.54) is 10.9 Å². The minimum absolute atomic E-state index is 0.126. The zero-order chi connectivity index (χ0) is 16.2. The van der Waals surface area contributed by atoms with Crippen LogP contribution in [0.15, 0.2) is 48.9 Å². The van der Waals surface area contributed by atoms with Crippen molar-refractivity contribution < 1.29 is 9.90 Å². The van der Waals surface area contributed by atoms with Gasteiger partial charge in [-0.15, -0.1) is 0 Å². The van der Waals surface area contributed by atoms with Crippen LogP contribution in [0.2, 0.25) is 5.02 Å². The Morgan fingerprint density at radius 2 is 2.22 bits per heavy atom. The van der Waals surface area contributed by atoms with Crippen LogP contribution in [0.5, 0.6) is 5.88 Å². The normalized spacial score (nSPS) is 10.5. The van der Waals surface area contributed by atoms with Crippen LogP contribution in [0, 0.1) is 0 Å². The van der Waals surface area contributed by atoms with Crippen LogP contribution in [0.3, 0.4) is 0 Å². The standard InChI is InChI=1S/C15H12ClN5O2/c16-11-4-1-3-10(7-11)8-13(22)19-12-9-17-15(20-14(12)23)21-6-2-5-18-21/h1-7,9H,8H2,(H,19,22)(H,17,20,23). The summed E-state index contributed by atoms with van der Waals surface area (Å²) in [5.41, 5.74) is 0.900. The highest BCUT2D eigenvalue weighted by molar-refractivity contribution is 6.30. The molecular weight excluding hydrogens is 318 g/mol. The Hall–Kier alpha value is -2.93. The van der Waals surface area contributed by atoms with E-state index in [1.54, 1.807) is 42.7 Å². The summed E-state index contributed by atoms with van der Waals surface area (Å²) in [4.78, 5) is 20.0. The fraction of sp³-hybridized carbons (Fsp3) is 0.0667. The molecule has 116 valence electrons. The quantitative estimate of drug-likeness (QED) is 0.765. The lowest BCUT2D eigenvalue weighted by atomic mass is 10.1. The van der Waals surface area contributed by atoms with E-state index in [4.69, 9.17) is 11.6 Å². The summed E-state index contributed by atoms with van der Waals surface area (Å²) >= 11 is 5.88. The average Bonchev–Trinajstić information content (AvgIpc) is 3.03. The first-order chi connectivity index (χ1) is 11.1. The Labute approximate surface area is 136 Å². The van der Waals surface area contributed by atoms with Gasteiger partial charge in [0.05, 0.1) is 12.6 Å². The number of aromatic hydroxyl groups is 1. The topological polar surface area (TPSA) is 92.9 Å². The number of halogens is 1. The van der Waals surface area contributed by atoms with Crippen molar-refractivity contribution in [3.63, 3.8) is 0 Å². The van der Waals surface area contributed by atoms with Crippen molar-refractivity contribution in [1.29, 1.82) is 0 Å². The summed E-state index contributed by atoms with van der Waals surface area (Å²) < 4.78 is 1.40. The Morgan fingerprint density at radius 1 is 1.35 bits per heavy atom. The third-order valence-corrected chi connectivity index (χ3v) is 3.23. The SMILES string of the molecule is O=C(Cc1cccc(Cl)c1)Nc1cnc(-n2cccn2)nc1O. The number of carbonyl (C=O) groups is 1. The summed E-state index contributed by atoms with van der Waals surface area (Å²) in [6, 6.07) is 8.71. The molecule has 0 aliphatic carbocycles. The number of carbonyl (C=O) groups excluding carboxylic acids is 1. The fourth-order valence-electron chi connectivity index (χ4n) is 1.98. The second-order valence-corrected chi connectivity index (χ2v) is 5.15. The Bertz CT molecular complexity index is 836. The lowest BCUT2D eigenvalue weighted by molar-refractivity contribution is -0.115. The van der Waals surface area contributed by atoms with Gasteiger partial charge in [-0.1, -0.05) is 23.7 Å². The summed E-state index contributed by atoms with van der Waals surface area (Å²) in [6.07, 6.45) is 4.67. The van der Waals surface area contributed by atoms with Crippen molar-refractivity contribution in [2.45, 2.75) is 6.42 Å². The molecule has 0 aliphatic heterocycles. The Balaban J connectivity index is 1.71. The number of amides is 1. The number of hydrogen-bond acceptors (Lipinski definition) is 5. The van der Waals surface area contributed by atoms with Crippen molar-refractivity contribution in [3.05, 3.63) is 59.5 Å². The van der Waals surface area contributed by atoms with E-state index in [0.29, 0.717) is 5.02 Å². The third kappa shape index (κ3) is 3.64. The average molecular weight is 330 g/mol. The van der Waals surface area contributed by atoms with E-state index >= 15 is 0 Å². The fourth-order valence-corrected chi connectivity index (χ4v) is 2.19. The van der Waals surface area contributed by atoms with Gasteiger partial charge in [0.25, 0.3) is 5.95 Å². The van der Waals surface area contributed by atoms with Crippen molar-refractivity contribution >= 4 is 23.2 Å². The van der Waals surface area contributed by atoms with Crippen molar-refractivity contribution in [1.82, 2.24) is 19.7 Å². The molecule has 0 radical (unpaired) electrons. The number of aromatic nitrogens is 4. The van der Waals surface area contributed by atoms with Crippen LogP contribution in [-0.4, -0.2) is 30.8 Å². The van der Waals surface area contributed by atoms with Gasteiger partial charge in [0.2, 0.25) is 11.8 Å². The first-order valence-electron chi connectivity index (χ1n) is 6.72. The zero-order valence-corrected chi connectivity index (χ0v) is 12.6. The molecule has 3 aromatic rings. The summed E-state index contributed by atoms with van der Waals surface area (Å²) in [6.45, 7) is 0. The number of benzene rings is 1. The van der Waals surface area contributed by atoms with Gasteiger partial charge in [0, 0.05) is 17.4 Å². The highest BCUT2D eigenvalue weighted by atomic mass is 35.5. The highest BCUT2D eigenvalue weighted by Gasteiger charge is 2.11. The van der Waals surface area contributed by atoms with Crippen molar-refractivity contribution in [3.8, 4) is 11.8 Å². The largest absolute Gasteiger partial charge is 0.492 e. The van der Waals surface area contributed by atoms with Gasteiger partial charge >= 0.3 is 0 Å². The van der Waals surface area contributed by atoms with Crippen molar-refractivity contribution in [2.24, 2.45) is 0 Å². The highest BCUT2D eigenvalue weighted by Crippen LogP contribution is 2.20. The van der Waals surface area contributed by atoms with Crippen LogP contribution in [0.25, 0.3) is 5.95 Å². The number of nitrogens with one attached hydrogen (secondary N) is 1. The first kappa shape index (κ1) is 15.0. The second kappa shape index (κ2) is 6.45. The molecule has 3 rings (SSSR count). The maximum Gasteiger partial charge on any atom is 0.253 e. The zero-order valence-electron chi connectivity index (χ0n) is 11.8. The minimum atomic E-state index is -0.329. The molecule has 2 heterocycles. The van der Waals surface area contributed by atoms with Crippen LogP contribution >= 0.6 is 11.6 Å². The van der Waals surface area contributed by atoms with Crippen molar-refractivity contribution in [2.75, 3.05) is 5.32 Å². The number of anilines is 1.